The Balaban J connectivity index is 2.07. The van der Waals surface area contributed by atoms with Gasteiger partial charge in [0.2, 0.25) is 0 Å². The zero-order chi connectivity index (χ0) is 10.7. The molecular formula is C12H15BrO2. The maximum absolute atomic E-state index is 5.90. The summed E-state index contributed by atoms with van der Waals surface area (Å²) in [6, 6.07) is 5.82. The van der Waals surface area contributed by atoms with Crippen molar-refractivity contribution in [1.82, 2.24) is 0 Å². The molecule has 0 amide bonds. The standard InChI is InChI=1S/C12H15BrO2/c1-14-10-6-7-12(11(13)8-10)15-9-4-2-3-5-9/h6-9H,2-5H2,1H3. The van der Waals surface area contributed by atoms with Gasteiger partial charge in [-0.15, -0.1) is 0 Å². The first kappa shape index (κ1) is 10.8. The summed E-state index contributed by atoms with van der Waals surface area (Å²) in [4.78, 5) is 0. The van der Waals surface area contributed by atoms with Gasteiger partial charge in [-0.05, 0) is 59.8 Å². The molecule has 82 valence electrons. The Bertz CT molecular complexity index is 332. The minimum Gasteiger partial charge on any atom is -0.497 e. The van der Waals surface area contributed by atoms with E-state index in [9.17, 15) is 0 Å². The number of hydrogen-bond acceptors (Lipinski definition) is 2. The molecule has 0 bridgehead atoms. The quantitative estimate of drug-likeness (QED) is 0.833. The monoisotopic (exact) mass is 270 g/mol. The number of hydrogen-bond donors (Lipinski definition) is 0. The molecule has 0 radical (unpaired) electrons. The van der Waals surface area contributed by atoms with Crippen LogP contribution in [0.3, 0.4) is 0 Å². The Morgan fingerprint density at radius 2 is 2.00 bits per heavy atom. The Hall–Kier alpha value is -0.700. The maximum atomic E-state index is 5.90. The third-order valence-corrected chi connectivity index (χ3v) is 3.35. The fraction of sp³-hybridized carbons (Fsp3) is 0.500. The highest BCUT2D eigenvalue weighted by Crippen LogP contribution is 2.32. The van der Waals surface area contributed by atoms with Crippen LogP contribution in [0, 0.1) is 0 Å². The van der Waals surface area contributed by atoms with Crippen LogP contribution in [-0.4, -0.2) is 13.2 Å². The summed E-state index contributed by atoms with van der Waals surface area (Å²) in [6.07, 6.45) is 5.34. The van der Waals surface area contributed by atoms with Crippen molar-refractivity contribution in [2.75, 3.05) is 7.11 Å². The molecule has 0 heterocycles. The van der Waals surface area contributed by atoms with Gasteiger partial charge >= 0.3 is 0 Å². The Morgan fingerprint density at radius 1 is 1.27 bits per heavy atom. The highest BCUT2D eigenvalue weighted by atomic mass is 79.9. The van der Waals surface area contributed by atoms with Crippen molar-refractivity contribution in [2.45, 2.75) is 31.8 Å². The van der Waals surface area contributed by atoms with Crippen LogP contribution in [0.2, 0.25) is 0 Å². The van der Waals surface area contributed by atoms with Crippen molar-refractivity contribution >= 4 is 15.9 Å². The van der Waals surface area contributed by atoms with Crippen LogP contribution in [0.25, 0.3) is 0 Å². The van der Waals surface area contributed by atoms with Crippen LogP contribution in [0.4, 0.5) is 0 Å². The molecule has 0 N–H and O–H groups in total. The second kappa shape index (κ2) is 4.88. The summed E-state index contributed by atoms with van der Waals surface area (Å²) in [5.41, 5.74) is 0. The van der Waals surface area contributed by atoms with Crippen LogP contribution in [0.1, 0.15) is 25.7 Å². The molecule has 15 heavy (non-hydrogen) atoms. The molecule has 2 rings (SSSR count). The fourth-order valence-electron chi connectivity index (χ4n) is 1.89. The van der Waals surface area contributed by atoms with Gasteiger partial charge in [0.1, 0.15) is 11.5 Å². The van der Waals surface area contributed by atoms with E-state index in [2.05, 4.69) is 15.9 Å². The molecule has 1 aromatic rings. The minimum atomic E-state index is 0.398. The Morgan fingerprint density at radius 3 is 2.60 bits per heavy atom. The van der Waals surface area contributed by atoms with E-state index in [0.29, 0.717) is 6.10 Å². The Kier molecular flexibility index (Phi) is 3.52. The average Bonchev–Trinajstić information content (AvgIpc) is 2.74. The van der Waals surface area contributed by atoms with Crippen molar-refractivity contribution in [3.05, 3.63) is 22.7 Å². The van der Waals surface area contributed by atoms with E-state index in [0.717, 1.165) is 16.0 Å². The molecule has 1 fully saturated rings. The third kappa shape index (κ3) is 2.65. The smallest absolute Gasteiger partial charge is 0.134 e. The number of benzene rings is 1. The van der Waals surface area contributed by atoms with Crippen LogP contribution in [0.15, 0.2) is 22.7 Å². The van der Waals surface area contributed by atoms with Gasteiger partial charge in [0.05, 0.1) is 17.7 Å². The molecule has 1 aliphatic carbocycles. The molecule has 3 heteroatoms. The lowest BCUT2D eigenvalue weighted by Crippen LogP contribution is -2.11. The summed E-state index contributed by atoms with van der Waals surface area (Å²) in [5.74, 6) is 1.77. The summed E-state index contributed by atoms with van der Waals surface area (Å²) in [5, 5.41) is 0. The zero-order valence-electron chi connectivity index (χ0n) is 8.83. The van der Waals surface area contributed by atoms with E-state index < -0.39 is 0 Å². The van der Waals surface area contributed by atoms with E-state index in [1.807, 2.05) is 18.2 Å². The largest absolute Gasteiger partial charge is 0.497 e. The second-order valence-electron chi connectivity index (χ2n) is 3.82. The number of methoxy groups -OCH3 is 1. The fourth-order valence-corrected chi connectivity index (χ4v) is 2.34. The van der Waals surface area contributed by atoms with E-state index in [1.165, 1.54) is 25.7 Å². The topological polar surface area (TPSA) is 18.5 Å². The molecule has 1 saturated carbocycles. The molecule has 0 aromatic heterocycles. The van der Waals surface area contributed by atoms with Gasteiger partial charge < -0.3 is 9.47 Å². The van der Waals surface area contributed by atoms with Gasteiger partial charge in [-0.1, -0.05) is 0 Å². The van der Waals surface area contributed by atoms with Crippen molar-refractivity contribution in [3.63, 3.8) is 0 Å². The number of ether oxygens (including phenoxy) is 2. The molecular weight excluding hydrogens is 256 g/mol. The lowest BCUT2D eigenvalue weighted by Gasteiger charge is -2.14. The summed E-state index contributed by atoms with van der Waals surface area (Å²) in [6.45, 7) is 0. The summed E-state index contributed by atoms with van der Waals surface area (Å²) >= 11 is 3.49. The van der Waals surface area contributed by atoms with Gasteiger partial charge in [0.25, 0.3) is 0 Å². The van der Waals surface area contributed by atoms with Crippen molar-refractivity contribution < 1.29 is 9.47 Å². The van der Waals surface area contributed by atoms with Crippen molar-refractivity contribution in [1.29, 1.82) is 0 Å². The van der Waals surface area contributed by atoms with Crippen molar-refractivity contribution in [2.24, 2.45) is 0 Å². The normalized spacial score (nSPS) is 16.7. The first-order valence-electron chi connectivity index (χ1n) is 5.30. The Labute approximate surface area is 98.7 Å². The minimum absolute atomic E-state index is 0.398. The lowest BCUT2D eigenvalue weighted by molar-refractivity contribution is 0.208. The third-order valence-electron chi connectivity index (χ3n) is 2.73. The number of halogens is 1. The predicted octanol–water partition coefficient (Wildman–Crippen LogP) is 3.78. The van der Waals surface area contributed by atoms with E-state index in [1.54, 1.807) is 7.11 Å². The second-order valence-corrected chi connectivity index (χ2v) is 4.68. The van der Waals surface area contributed by atoms with Gasteiger partial charge in [0.15, 0.2) is 0 Å². The molecule has 0 saturated heterocycles. The molecule has 0 aliphatic heterocycles. The molecule has 1 aliphatic rings. The predicted molar refractivity (Wildman–Crippen MR) is 63.6 cm³/mol. The van der Waals surface area contributed by atoms with E-state index >= 15 is 0 Å². The summed E-state index contributed by atoms with van der Waals surface area (Å²) < 4.78 is 12.0. The van der Waals surface area contributed by atoms with Crippen molar-refractivity contribution in [3.8, 4) is 11.5 Å². The lowest BCUT2D eigenvalue weighted by atomic mass is 10.3. The average molecular weight is 271 g/mol. The highest BCUT2D eigenvalue weighted by molar-refractivity contribution is 9.10. The maximum Gasteiger partial charge on any atom is 0.134 e. The summed E-state index contributed by atoms with van der Waals surface area (Å²) in [7, 11) is 1.67. The van der Waals surface area contributed by atoms with Gasteiger partial charge in [-0.25, -0.2) is 0 Å². The molecule has 0 spiro atoms. The molecule has 0 atom stereocenters. The zero-order valence-corrected chi connectivity index (χ0v) is 10.4. The van der Waals surface area contributed by atoms with Crippen LogP contribution in [-0.2, 0) is 0 Å². The molecule has 0 unspecified atom stereocenters. The van der Waals surface area contributed by atoms with E-state index in [4.69, 9.17) is 9.47 Å². The van der Waals surface area contributed by atoms with Crippen LogP contribution >= 0.6 is 15.9 Å². The molecule has 1 aromatic carbocycles. The van der Waals surface area contributed by atoms with Gasteiger partial charge in [0, 0.05) is 0 Å². The number of rotatable bonds is 3. The van der Waals surface area contributed by atoms with Crippen LogP contribution in [0.5, 0.6) is 11.5 Å². The van der Waals surface area contributed by atoms with Gasteiger partial charge in [-0.2, -0.15) is 0 Å². The van der Waals surface area contributed by atoms with Crippen LogP contribution < -0.4 is 9.47 Å². The highest BCUT2D eigenvalue weighted by Gasteiger charge is 2.17. The first-order valence-corrected chi connectivity index (χ1v) is 6.09. The molecule has 2 nitrogen and oxygen atoms in total. The SMILES string of the molecule is COc1ccc(OC2CCCC2)c(Br)c1. The first-order chi connectivity index (χ1) is 7.29. The van der Waals surface area contributed by atoms with E-state index in [-0.39, 0.29) is 0 Å². The van der Waals surface area contributed by atoms with Gasteiger partial charge in [-0.3, -0.25) is 0 Å².